The summed E-state index contributed by atoms with van der Waals surface area (Å²) in [7, 11) is -7.52. The number of aromatic hydroxyl groups is 2. The summed E-state index contributed by atoms with van der Waals surface area (Å²) in [5.74, 6) is 0.732. The lowest BCUT2D eigenvalue weighted by atomic mass is 10.1. The number of para-hydroxylation sites is 2. The van der Waals surface area contributed by atoms with Crippen molar-refractivity contribution >= 4 is 35.6 Å². The van der Waals surface area contributed by atoms with Gasteiger partial charge in [-0.15, -0.1) is 0 Å². The van der Waals surface area contributed by atoms with Gasteiger partial charge < -0.3 is 18.4 Å². The lowest BCUT2D eigenvalue weighted by Crippen LogP contribution is -2.70. The molecule has 4 rings (SSSR count). The van der Waals surface area contributed by atoms with E-state index >= 15 is 0 Å². The van der Waals surface area contributed by atoms with Crippen molar-refractivity contribution in [3.63, 3.8) is 0 Å². The van der Waals surface area contributed by atoms with Crippen molar-refractivity contribution in [2.45, 2.75) is 64.0 Å². The summed E-state index contributed by atoms with van der Waals surface area (Å²) in [6, 6.07) is 38.3. The van der Waals surface area contributed by atoms with Crippen LogP contribution in [0.2, 0.25) is 38.3 Å². The number of aryl methyl sites for hydroxylation is 2. The Bertz CT molecular complexity index is 1270. The molecule has 216 valence electrons. The standard InChI is InChI=1S/C34H44O4Si3/c1-39(2,27-15-19-29-17-11-13-25-33(29)35)37-41(31-21-7-5-8-22-31,32-23-9-6-10-24-32)38-40(3,4)28-16-20-30-18-12-14-26-34(30)36/h5-14,17-18,21-26,35-36H,15-16,19-20,27-28H2,1-4H3. The zero-order valence-corrected chi connectivity index (χ0v) is 27.8. The van der Waals surface area contributed by atoms with E-state index in [4.69, 9.17) is 8.23 Å². The molecule has 0 saturated heterocycles. The number of phenolic OH excluding ortho intramolecular Hbond substituents is 2. The van der Waals surface area contributed by atoms with Crippen molar-refractivity contribution in [2.24, 2.45) is 0 Å². The van der Waals surface area contributed by atoms with Gasteiger partial charge in [0.2, 0.25) is 0 Å². The van der Waals surface area contributed by atoms with Gasteiger partial charge >= 0.3 is 8.56 Å². The van der Waals surface area contributed by atoms with Crippen LogP contribution >= 0.6 is 0 Å². The van der Waals surface area contributed by atoms with Gasteiger partial charge in [-0.3, -0.25) is 0 Å². The van der Waals surface area contributed by atoms with Gasteiger partial charge in [-0.2, -0.15) is 0 Å². The molecule has 41 heavy (non-hydrogen) atoms. The number of rotatable bonds is 14. The van der Waals surface area contributed by atoms with E-state index in [0.717, 1.165) is 59.3 Å². The molecule has 0 aliphatic heterocycles. The molecule has 4 aromatic carbocycles. The Morgan fingerprint density at radius 3 is 1.20 bits per heavy atom. The molecular weight excluding hydrogens is 557 g/mol. The molecule has 0 aliphatic carbocycles. The summed E-state index contributed by atoms with van der Waals surface area (Å²) in [5, 5.41) is 22.8. The molecule has 7 heteroatoms. The smallest absolute Gasteiger partial charge is 0.386 e. The highest BCUT2D eigenvalue weighted by Crippen LogP contribution is 2.29. The molecule has 0 saturated carbocycles. The summed E-state index contributed by atoms with van der Waals surface area (Å²) in [5.41, 5.74) is 1.97. The summed E-state index contributed by atoms with van der Waals surface area (Å²) in [6.45, 7) is 9.23. The quantitative estimate of drug-likeness (QED) is 0.149. The molecular formula is C34H44O4Si3. The molecule has 0 aromatic heterocycles. The third-order valence-corrected chi connectivity index (χ3v) is 19.6. The van der Waals surface area contributed by atoms with Gasteiger partial charge in [0.15, 0.2) is 16.6 Å². The highest BCUT2D eigenvalue weighted by molar-refractivity contribution is 7.02. The first-order valence-corrected chi connectivity index (χ1v) is 22.7. The number of hydrogen-bond donors (Lipinski definition) is 2. The summed E-state index contributed by atoms with van der Waals surface area (Å²) in [4.78, 5) is 0. The van der Waals surface area contributed by atoms with E-state index in [0.29, 0.717) is 11.5 Å². The molecule has 0 aliphatic rings. The van der Waals surface area contributed by atoms with E-state index in [1.807, 2.05) is 36.4 Å². The van der Waals surface area contributed by atoms with Gasteiger partial charge in [0.05, 0.1) is 0 Å². The van der Waals surface area contributed by atoms with Gasteiger partial charge in [0.1, 0.15) is 11.5 Å². The summed E-state index contributed by atoms with van der Waals surface area (Å²) < 4.78 is 14.9. The highest BCUT2D eigenvalue weighted by atomic mass is 28.5. The van der Waals surface area contributed by atoms with Crippen molar-refractivity contribution in [1.29, 1.82) is 0 Å². The van der Waals surface area contributed by atoms with Crippen LogP contribution in [0.15, 0.2) is 109 Å². The minimum absolute atomic E-state index is 0.366. The Balaban J connectivity index is 1.61. The van der Waals surface area contributed by atoms with Crippen LogP contribution in [0, 0.1) is 0 Å². The molecule has 0 heterocycles. The van der Waals surface area contributed by atoms with E-state index in [9.17, 15) is 10.2 Å². The second-order valence-corrected chi connectivity index (χ2v) is 24.1. The van der Waals surface area contributed by atoms with Crippen LogP contribution in [-0.2, 0) is 21.1 Å². The first-order valence-electron chi connectivity index (χ1n) is 14.7. The van der Waals surface area contributed by atoms with Crippen LogP contribution in [0.3, 0.4) is 0 Å². The topological polar surface area (TPSA) is 58.9 Å². The number of hydrogen-bond acceptors (Lipinski definition) is 4. The molecule has 4 nitrogen and oxygen atoms in total. The zero-order valence-electron chi connectivity index (χ0n) is 24.8. The fraction of sp³-hybridized carbons (Fsp3) is 0.294. The van der Waals surface area contributed by atoms with Crippen LogP contribution in [-0.4, -0.2) is 35.4 Å². The van der Waals surface area contributed by atoms with Gasteiger partial charge in [0, 0.05) is 0 Å². The predicted octanol–water partition coefficient (Wildman–Crippen LogP) is 7.36. The molecule has 0 atom stereocenters. The SMILES string of the molecule is C[Si](C)(CCCc1ccccc1O)O[Si](O[Si](C)(C)CCCc1ccccc1O)(c1ccccc1)c1ccccc1. The van der Waals surface area contributed by atoms with Crippen LogP contribution in [0.5, 0.6) is 11.5 Å². The molecule has 0 amide bonds. The third kappa shape index (κ3) is 8.53. The van der Waals surface area contributed by atoms with Crippen molar-refractivity contribution < 1.29 is 18.4 Å². The molecule has 2 N–H and O–H groups in total. The minimum atomic E-state index is -3.07. The van der Waals surface area contributed by atoms with Gasteiger partial charge in [-0.05, 0) is 97.6 Å². The predicted molar refractivity (Wildman–Crippen MR) is 178 cm³/mol. The second kappa shape index (κ2) is 13.8. The van der Waals surface area contributed by atoms with Gasteiger partial charge in [0.25, 0.3) is 0 Å². The molecule has 4 aromatic rings. The van der Waals surface area contributed by atoms with Crippen LogP contribution in [0.1, 0.15) is 24.0 Å². The Hall–Kier alpha value is -2.95. The largest absolute Gasteiger partial charge is 0.508 e. The van der Waals surface area contributed by atoms with E-state index in [-0.39, 0.29) is 0 Å². The van der Waals surface area contributed by atoms with E-state index in [2.05, 4.69) is 86.9 Å². The number of benzene rings is 4. The number of phenols is 2. The molecule has 0 unspecified atom stereocenters. The van der Waals surface area contributed by atoms with Crippen molar-refractivity contribution in [3.05, 3.63) is 120 Å². The van der Waals surface area contributed by atoms with Crippen LogP contribution in [0.4, 0.5) is 0 Å². The second-order valence-electron chi connectivity index (χ2n) is 12.0. The zero-order chi connectivity index (χ0) is 29.3. The lowest BCUT2D eigenvalue weighted by Gasteiger charge is -2.43. The van der Waals surface area contributed by atoms with E-state index in [1.165, 1.54) is 0 Å². The Labute approximate surface area is 249 Å². The monoisotopic (exact) mass is 600 g/mol. The Morgan fingerprint density at radius 2 is 0.829 bits per heavy atom. The van der Waals surface area contributed by atoms with E-state index in [1.54, 1.807) is 12.1 Å². The average molecular weight is 601 g/mol. The Morgan fingerprint density at radius 1 is 0.488 bits per heavy atom. The average Bonchev–Trinajstić information content (AvgIpc) is 2.95. The van der Waals surface area contributed by atoms with Crippen LogP contribution in [0.25, 0.3) is 0 Å². The van der Waals surface area contributed by atoms with Crippen LogP contribution < -0.4 is 10.4 Å². The normalized spacial score (nSPS) is 12.4. The van der Waals surface area contributed by atoms with Crippen molar-refractivity contribution in [3.8, 4) is 11.5 Å². The van der Waals surface area contributed by atoms with Gasteiger partial charge in [-0.25, -0.2) is 0 Å². The maximum absolute atomic E-state index is 10.3. The van der Waals surface area contributed by atoms with Gasteiger partial charge in [-0.1, -0.05) is 97.1 Å². The minimum Gasteiger partial charge on any atom is -0.508 e. The summed E-state index contributed by atoms with van der Waals surface area (Å²) >= 11 is 0. The maximum atomic E-state index is 10.3. The fourth-order valence-corrected chi connectivity index (χ4v) is 18.6. The lowest BCUT2D eigenvalue weighted by molar-refractivity contribution is 0.403. The first kappa shape index (κ1) is 31.0. The summed E-state index contributed by atoms with van der Waals surface area (Å²) in [6.07, 6.45) is 3.55. The highest BCUT2D eigenvalue weighted by Gasteiger charge is 2.50. The molecule has 0 spiro atoms. The molecule has 0 radical (unpaired) electrons. The van der Waals surface area contributed by atoms with Crippen molar-refractivity contribution in [1.82, 2.24) is 0 Å². The molecule has 0 fully saturated rings. The maximum Gasteiger partial charge on any atom is 0.386 e. The Kier molecular flexibility index (Phi) is 10.4. The van der Waals surface area contributed by atoms with Crippen molar-refractivity contribution in [2.75, 3.05) is 0 Å². The molecule has 0 bridgehead atoms. The first-order chi connectivity index (χ1) is 19.6. The van der Waals surface area contributed by atoms with E-state index < -0.39 is 25.2 Å². The third-order valence-electron chi connectivity index (χ3n) is 7.58. The fourth-order valence-electron chi connectivity index (χ4n) is 5.47.